The maximum atomic E-state index is 4.76. The molecule has 2 bridgehead atoms. The van der Waals surface area contributed by atoms with E-state index in [9.17, 15) is 0 Å². The van der Waals surface area contributed by atoms with E-state index < -0.39 is 0 Å². The van der Waals surface area contributed by atoms with Gasteiger partial charge in [0.05, 0.1) is 0 Å². The molecule has 4 heteroatoms. The average molecular weight is 234 g/mol. The minimum absolute atomic E-state index is 0.590. The second kappa shape index (κ2) is 4.09. The summed E-state index contributed by atoms with van der Waals surface area (Å²) < 4.78 is 2.00. The number of hydrogen-bond donors (Lipinski definition) is 1. The molecular formula is C13H22N4. The lowest BCUT2D eigenvalue weighted by Crippen LogP contribution is -2.23. The highest BCUT2D eigenvalue weighted by Crippen LogP contribution is 2.39. The largest absolute Gasteiger partial charge is 0.310 e. The Hall–Kier alpha value is -0.900. The van der Waals surface area contributed by atoms with E-state index in [0.29, 0.717) is 17.9 Å². The van der Waals surface area contributed by atoms with E-state index in [-0.39, 0.29) is 0 Å². The maximum Gasteiger partial charge on any atom is 0.151 e. The summed E-state index contributed by atoms with van der Waals surface area (Å²) in [6.07, 6.45) is 4.89. The topological polar surface area (TPSA) is 42.7 Å². The molecule has 0 spiro atoms. The molecule has 3 unspecified atom stereocenters. The first kappa shape index (κ1) is 11.2. The Balaban J connectivity index is 1.81. The molecule has 1 aromatic rings. The highest BCUT2D eigenvalue weighted by molar-refractivity contribution is 5.13. The third kappa shape index (κ3) is 1.99. The second-order valence-electron chi connectivity index (χ2n) is 6.00. The molecule has 3 atom stereocenters. The zero-order chi connectivity index (χ0) is 12.0. The van der Waals surface area contributed by atoms with Gasteiger partial charge in [-0.3, -0.25) is 4.68 Å². The number of nitrogens with one attached hydrogen (secondary N) is 1. The molecule has 3 heterocycles. The van der Waals surface area contributed by atoms with Gasteiger partial charge >= 0.3 is 0 Å². The lowest BCUT2D eigenvalue weighted by atomic mass is 9.88. The third-order valence-corrected chi connectivity index (χ3v) is 4.06. The summed E-state index contributed by atoms with van der Waals surface area (Å²) in [6, 6.07) is 1.38. The first-order valence-corrected chi connectivity index (χ1v) is 6.79. The number of nitrogens with zero attached hydrogens (tertiary/aromatic N) is 3. The van der Waals surface area contributed by atoms with Crippen molar-refractivity contribution < 1.29 is 0 Å². The molecule has 94 valence electrons. The lowest BCUT2D eigenvalue weighted by molar-refractivity contribution is 0.469. The Kier molecular flexibility index (Phi) is 2.69. The summed E-state index contributed by atoms with van der Waals surface area (Å²) in [6.45, 7) is 4.43. The Bertz CT molecular complexity index is 410. The highest BCUT2D eigenvalue weighted by atomic mass is 15.3. The van der Waals surface area contributed by atoms with Gasteiger partial charge in [-0.25, -0.2) is 4.98 Å². The molecule has 0 saturated carbocycles. The molecule has 4 nitrogen and oxygen atoms in total. The zero-order valence-electron chi connectivity index (χ0n) is 11.0. The monoisotopic (exact) mass is 234 g/mol. The molecular weight excluding hydrogens is 212 g/mol. The van der Waals surface area contributed by atoms with Crippen LogP contribution in [0.25, 0.3) is 0 Å². The van der Waals surface area contributed by atoms with Crippen molar-refractivity contribution in [1.29, 1.82) is 0 Å². The normalized spacial score (nSPS) is 31.6. The summed E-state index contributed by atoms with van der Waals surface area (Å²) in [5.74, 6) is 3.43. The molecule has 2 aliphatic rings. The summed E-state index contributed by atoms with van der Waals surface area (Å²) in [4.78, 5) is 4.76. The van der Waals surface area contributed by atoms with Gasteiger partial charge in [-0.1, -0.05) is 13.8 Å². The number of aryl methyl sites for hydroxylation is 1. The van der Waals surface area contributed by atoms with Crippen LogP contribution in [0.5, 0.6) is 0 Å². The van der Waals surface area contributed by atoms with Crippen LogP contribution in [-0.4, -0.2) is 26.8 Å². The summed E-state index contributed by atoms with van der Waals surface area (Å²) in [7, 11) is 2.04. The van der Waals surface area contributed by atoms with Crippen molar-refractivity contribution >= 4 is 0 Å². The zero-order valence-corrected chi connectivity index (χ0v) is 11.0. The van der Waals surface area contributed by atoms with Gasteiger partial charge < -0.3 is 5.32 Å². The van der Waals surface area contributed by atoms with Gasteiger partial charge in [0, 0.05) is 31.5 Å². The van der Waals surface area contributed by atoms with Crippen molar-refractivity contribution in [3.63, 3.8) is 0 Å². The van der Waals surface area contributed by atoms with Crippen LogP contribution < -0.4 is 5.32 Å². The van der Waals surface area contributed by atoms with Crippen LogP contribution in [0.3, 0.4) is 0 Å². The third-order valence-electron chi connectivity index (χ3n) is 4.06. The van der Waals surface area contributed by atoms with E-state index in [1.807, 2.05) is 11.7 Å². The fourth-order valence-electron chi connectivity index (χ4n) is 3.34. The molecule has 1 N–H and O–H groups in total. The fourth-order valence-corrected chi connectivity index (χ4v) is 3.34. The number of fused-ring (bicyclic) bond motifs is 2. The van der Waals surface area contributed by atoms with Crippen LogP contribution in [0.1, 0.15) is 50.7 Å². The molecule has 2 aliphatic heterocycles. The molecule has 0 radical (unpaired) electrons. The minimum Gasteiger partial charge on any atom is -0.310 e. The maximum absolute atomic E-state index is 4.76. The predicted octanol–water partition coefficient (Wildman–Crippen LogP) is 1.62. The van der Waals surface area contributed by atoms with Crippen LogP contribution in [0.2, 0.25) is 0 Å². The first-order chi connectivity index (χ1) is 8.13. The van der Waals surface area contributed by atoms with Crippen molar-refractivity contribution in [2.75, 3.05) is 0 Å². The second-order valence-corrected chi connectivity index (χ2v) is 6.00. The molecule has 17 heavy (non-hydrogen) atoms. The molecule has 0 amide bonds. The highest BCUT2D eigenvalue weighted by Gasteiger charge is 2.41. The van der Waals surface area contributed by atoms with Crippen molar-refractivity contribution in [1.82, 2.24) is 20.1 Å². The van der Waals surface area contributed by atoms with E-state index in [1.165, 1.54) is 25.1 Å². The van der Waals surface area contributed by atoms with Crippen molar-refractivity contribution in [3.8, 4) is 0 Å². The summed E-state index contributed by atoms with van der Waals surface area (Å²) >= 11 is 0. The number of aromatic nitrogens is 3. The Labute approximate surface area is 103 Å². The van der Waals surface area contributed by atoms with Gasteiger partial charge in [-0.15, -0.1) is 0 Å². The van der Waals surface area contributed by atoms with Crippen LogP contribution in [0.15, 0.2) is 0 Å². The Morgan fingerprint density at radius 1 is 1.41 bits per heavy atom. The molecule has 0 aliphatic carbocycles. The van der Waals surface area contributed by atoms with Crippen LogP contribution in [-0.2, 0) is 13.5 Å². The lowest BCUT2D eigenvalue weighted by Gasteiger charge is -2.18. The molecule has 3 rings (SSSR count). The van der Waals surface area contributed by atoms with Gasteiger partial charge in [0.2, 0.25) is 0 Å². The van der Waals surface area contributed by atoms with Gasteiger partial charge in [0.15, 0.2) is 5.82 Å². The van der Waals surface area contributed by atoms with E-state index in [0.717, 1.165) is 18.3 Å². The van der Waals surface area contributed by atoms with Gasteiger partial charge in [-0.05, 0) is 25.2 Å². The van der Waals surface area contributed by atoms with Crippen LogP contribution >= 0.6 is 0 Å². The predicted molar refractivity (Wildman–Crippen MR) is 66.8 cm³/mol. The van der Waals surface area contributed by atoms with E-state index >= 15 is 0 Å². The minimum atomic E-state index is 0.590. The first-order valence-electron chi connectivity index (χ1n) is 6.79. The number of rotatable bonds is 3. The van der Waals surface area contributed by atoms with Crippen LogP contribution in [0.4, 0.5) is 0 Å². The van der Waals surface area contributed by atoms with E-state index in [1.54, 1.807) is 0 Å². The standard InChI is InChI=1S/C13H22N4/c1-8(2)6-12-15-13(17(3)16-12)10-7-9-4-5-11(10)14-9/h8-11,14H,4-7H2,1-3H3. The van der Waals surface area contributed by atoms with E-state index in [2.05, 4.69) is 24.3 Å². The SMILES string of the molecule is CC(C)Cc1nc(C2CC3CCC2N3)n(C)n1. The summed E-state index contributed by atoms with van der Waals surface area (Å²) in [5.41, 5.74) is 0. The Morgan fingerprint density at radius 2 is 2.24 bits per heavy atom. The smallest absolute Gasteiger partial charge is 0.151 e. The van der Waals surface area contributed by atoms with Crippen LogP contribution in [0, 0.1) is 5.92 Å². The van der Waals surface area contributed by atoms with Crippen molar-refractivity contribution in [3.05, 3.63) is 11.6 Å². The van der Waals surface area contributed by atoms with Crippen molar-refractivity contribution in [2.45, 2.75) is 57.5 Å². The molecule has 0 aromatic carbocycles. The summed E-state index contributed by atoms with van der Waals surface area (Å²) in [5, 5.41) is 8.23. The quantitative estimate of drug-likeness (QED) is 0.864. The molecule has 1 aromatic heterocycles. The van der Waals surface area contributed by atoms with Gasteiger partial charge in [0.25, 0.3) is 0 Å². The Morgan fingerprint density at radius 3 is 2.82 bits per heavy atom. The number of hydrogen-bond acceptors (Lipinski definition) is 3. The fraction of sp³-hybridized carbons (Fsp3) is 0.846. The van der Waals surface area contributed by atoms with Gasteiger partial charge in [-0.2, -0.15) is 5.10 Å². The average Bonchev–Trinajstić information content (AvgIpc) is 2.91. The van der Waals surface area contributed by atoms with Gasteiger partial charge in [0.1, 0.15) is 5.82 Å². The van der Waals surface area contributed by atoms with Crippen molar-refractivity contribution in [2.24, 2.45) is 13.0 Å². The molecule has 2 saturated heterocycles. The van der Waals surface area contributed by atoms with E-state index in [4.69, 9.17) is 4.98 Å². The molecule has 2 fully saturated rings.